The van der Waals surface area contributed by atoms with E-state index in [0.717, 1.165) is 5.56 Å². The molecule has 0 aliphatic carbocycles. The zero-order chi connectivity index (χ0) is 14.5. The van der Waals surface area contributed by atoms with Gasteiger partial charge in [-0.25, -0.2) is 14.6 Å². The third-order valence-electron chi connectivity index (χ3n) is 2.56. The minimum Gasteiger partial charge on any atom is -0.477 e. The van der Waals surface area contributed by atoms with Crippen molar-refractivity contribution >= 4 is 17.7 Å². The number of H-pyrrole nitrogens is 1. The normalized spacial score (nSPS) is 10.1. The Morgan fingerprint density at radius 1 is 1.40 bits per heavy atom. The molecule has 0 atom stereocenters. The van der Waals surface area contributed by atoms with Crippen LogP contribution in [0.2, 0.25) is 0 Å². The van der Waals surface area contributed by atoms with Crippen LogP contribution in [0.1, 0.15) is 16.1 Å². The van der Waals surface area contributed by atoms with Crippen LogP contribution in [0.4, 0.5) is 10.5 Å². The summed E-state index contributed by atoms with van der Waals surface area (Å²) in [6.07, 6.45) is 4.63. The molecule has 0 spiro atoms. The highest BCUT2D eigenvalue weighted by Crippen LogP contribution is 2.08. The van der Waals surface area contributed by atoms with E-state index in [4.69, 9.17) is 5.11 Å². The van der Waals surface area contributed by atoms with Crippen LogP contribution in [0.15, 0.2) is 30.7 Å². The van der Waals surface area contributed by atoms with E-state index < -0.39 is 5.97 Å². The number of hydrogen-bond acceptors (Lipinski definition) is 4. The maximum atomic E-state index is 11.9. The topological polar surface area (TPSA) is 111 Å². The van der Waals surface area contributed by atoms with E-state index >= 15 is 0 Å². The van der Waals surface area contributed by atoms with Gasteiger partial charge >= 0.3 is 12.0 Å². The molecule has 0 aliphatic rings. The van der Waals surface area contributed by atoms with Crippen LogP contribution in [0.5, 0.6) is 0 Å². The maximum absolute atomic E-state index is 11.9. The molecule has 0 bridgehead atoms. The first-order valence-electron chi connectivity index (χ1n) is 5.75. The number of aromatic carboxylic acids is 1. The predicted octanol–water partition coefficient (Wildman–Crippen LogP) is 1.17. The van der Waals surface area contributed by atoms with Crippen molar-refractivity contribution in [2.75, 3.05) is 12.4 Å². The molecular formula is C12H13N5O3. The number of carbonyl (C=O) groups is 2. The molecule has 8 heteroatoms. The van der Waals surface area contributed by atoms with Crippen molar-refractivity contribution in [1.82, 2.24) is 20.1 Å². The fourth-order valence-corrected chi connectivity index (χ4v) is 1.52. The third kappa shape index (κ3) is 3.31. The molecule has 0 saturated heterocycles. The number of carboxylic acids is 1. The molecule has 0 fully saturated rings. The molecule has 20 heavy (non-hydrogen) atoms. The summed E-state index contributed by atoms with van der Waals surface area (Å²) in [5.74, 6) is -1.11. The van der Waals surface area contributed by atoms with Crippen LogP contribution in [0, 0.1) is 0 Å². The zero-order valence-electron chi connectivity index (χ0n) is 10.7. The lowest BCUT2D eigenvalue weighted by Gasteiger charge is -2.16. The minimum atomic E-state index is -1.11. The number of urea groups is 1. The van der Waals surface area contributed by atoms with Crippen LogP contribution in [-0.2, 0) is 6.54 Å². The van der Waals surface area contributed by atoms with Crippen LogP contribution < -0.4 is 5.32 Å². The Morgan fingerprint density at radius 3 is 2.75 bits per heavy atom. The number of pyridine rings is 1. The smallest absolute Gasteiger partial charge is 0.354 e. The number of amides is 2. The Kier molecular flexibility index (Phi) is 3.94. The van der Waals surface area contributed by atoms with Crippen molar-refractivity contribution in [3.63, 3.8) is 0 Å². The lowest BCUT2D eigenvalue weighted by Crippen LogP contribution is -2.30. The molecule has 3 N–H and O–H groups in total. The van der Waals surface area contributed by atoms with Crippen molar-refractivity contribution in [3.8, 4) is 0 Å². The summed E-state index contributed by atoms with van der Waals surface area (Å²) in [5, 5.41) is 17.8. The first-order chi connectivity index (χ1) is 9.56. The van der Waals surface area contributed by atoms with Gasteiger partial charge in [-0.3, -0.25) is 5.10 Å². The van der Waals surface area contributed by atoms with Gasteiger partial charge < -0.3 is 15.3 Å². The summed E-state index contributed by atoms with van der Waals surface area (Å²) in [7, 11) is 1.64. The molecule has 2 aromatic rings. The Balaban J connectivity index is 1.95. The minimum absolute atomic E-state index is 0.0743. The molecule has 8 nitrogen and oxygen atoms in total. The molecule has 0 radical (unpaired) electrons. The summed E-state index contributed by atoms with van der Waals surface area (Å²) >= 11 is 0. The SMILES string of the molecule is CN(Cc1cn[nH]c1)C(=O)Nc1ccc(C(=O)O)nc1. The lowest BCUT2D eigenvalue weighted by molar-refractivity contribution is 0.0690. The average Bonchev–Trinajstić information content (AvgIpc) is 2.92. The molecule has 2 amide bonds. The summed E-state index contributed by atoms with van der Waals surface area (Å²) < 4.78 is 0. The number of anilines is 1. The van der Waals surface area contributed by atoms with Gasteiger partial charge in [0, 0.05) is 18.8 Å². The molecule has 104 valence electrons. The van der Waals surface area contributed by atoms with Gasteiger partial charge in [-0.2, -0.15) is 5.10 Å². The van der Waals surface area contributed by atoms with Crippen LogP contribution in [0.25, 0.3) is 0 Å². The van der Waals surface area contributed by atoms with Gasteiger partial charge in [0.05, 0.1) is 24.6 Å². The van der Waals surface area contributed by atoms with Crippen molar-refractivity contribution in [2.45, 2.75) is 6.54 Å². The number of aromatic amines is 1. The number of carboxylic acid groups (broad SMARTS) is 1. The molecule has 0 unspecified atom stereocenters. The van der Waals surface area contributed by atoms with E-state index in [1.165, 1.54) is 23.2 Å². The van der Waals surface area contributed by atoms with Gasteiger partial charge in [0.25, 0.3) is 0 Å². The Morgan fingerprint density at radius 2 is 2.20 bits per heavy atom. The second-order valence-electron chi connectivity index (χ2n) is 4.13. The third-order valence-corrected chi connectivity index (χ3v) is 2.56. The highest BCUT2D eigenvalue weighted by atomic mass is 16.4. The molecule has 0 aliphatic heterocycles. The van der Waals surface area contributed by atoms with E-state index in [0.29, 0.717) is 12.2 Å². The fraction of sp³-hybridized carbons (Fsp3) is 0.167. The number of aromatic nitrogens is 3. The highest BCUT2D eigenvalue weighted by Gasteiger charge is 2.11. The lowest BCUT2D eigenvalue weighted by atomic mass is 10.3. The number of rotatable bonds is 4. The summed E-state index contributed by atoms with van der Waals surface area (Å²) in [4.78, 5) is 27.7. The van der Waals surface area contributed by atoms with E-state index in [9.17, 15) is 9.59 Å². The number of nitrogens with zero attached hydrogens (tertiary/aromatic N) is 3. The van der Waals surface area contributed by atoms with Crippen LogP contribution in [0.3, 0.4) is 0 Å². The monoisotopic (exact) mass is 275 g/mol. The molecular weight excluding hydrogens is 262 g/mol. The summed E-state index contributed by atoms with van der Waals surface area (Å²) in [6.45, 7) is 0.406. The van der Waals surface area contributed by atoms with Gasteiger partial charge in [-0.1, -0.05) is 0 Å². The van der Waals surface area contributed by atoms with E-state index in [1.54, 1.807) is 19.4 Å². The molecule has 0 saturated carbocycles. The highest BCUT2D eigenvalue weighted by molar-refractivity contribution is 5.90. The van der Waals surface area contributed by atoms with Crippen molar-refractivity contribution < 1.29 is 14.7 Å². The van der Waals surface area contributed by atoms with Crippen molar-refractivity contribution in [1.29, 1.82) is 0 Å². The second kappa shape index (κ2) is 5.83. The molecule has 0 aromatic carbocycles. The molecule has 2 heterocycles. The quantitative estimate of drug-likeness (QED) is 0.775. The maximum Gasteiger partial charge on any atom is 0.354 e. The van der Waals surface area contributed by atoms with Gasteiger partial charge in [-0.05, 0) is 12.1 Å². The second-order valence-corrected chi connectivity index (χ2v) is 4.13. The van der Waals surface area contributed by atoms with E-state index in [1.807, 2.05) is 0 Å². The Labute approximate surface area is 114 Å². The van der Waals surface area contributed by atoms with E-state index in [-0.39, 0.29) is 11.7 Å². The Hall–Kier alpha value is -2.90. The zero-order valence-corrected chi connectivity index (χ0v) is 10.7. The van der Waals surface area contributed by atoms with Gasteiger partial charge in [0.2, 0.25) is 0 Å². The van der Waals surface area contributed by atoms with Crippen LogP contribution >= 0.6 is 0 Å². The molecule has 2 aromatic heterocycles. The predicted molar refractivity (Wildman–Crippen MR) is 70.3 cm³/mol. The first-order valence-corrected chi connectivity index (χ1v) is 5.75. The van der Waals surface area contributed by atoms with Crippen molar-refractivity contribution in [3.05, 3.63) is 42.0 Å². The van der Waals surface area contributed by atoms with Gasteiger partial charge in [0.15, 0.2) is 0 Å². The number of carbonyl (C=O) groups excluding carboxylic acids is 1. The van der Waals surface area contributed by atoms with Gasteiger partial charge in [-0.15, -0.1) is 0 Å². The first kappa shape index (κ1) is 13.5. The van der Waals surface area contributed by atoms with Crippen LogP contribution in [-0.4, -0.2) is 44.2 Å². The van der Waals surface area contributed by atoms with Crippen molar-refractivity contribution in [2.24, 2.45) is 0 Å². The summed E-state index contributed by atoms with van der Waals surface area (Å²) in [6, 6.07) is 2.49. The number of nitrogens with one attached hydrogen (secondary N) is 2. The largest absolute Gasteiger partial charge is 0.477 e. The van der Waals surface area contributed by atoms with Gasteiger partial charge in [0.1, 0.15) is 5.69 Å². The fourth-order valence-electron chi connectivity index (χ4n) is 1.52. The number of hydrogen-bond donors (Lipinski definition) is 3. The average molecular weight is 275 g/mol. The standard InChI is InChI=1S/C12H13N5O3/c1-17(7-8-4-14-15-5-8)12(20)16-9-2-3-10(11(18)19)13-6-9/h2-6H,7H2,1H3,(H,14,15)(H,16,20)(H,18,19). The van der Waals surface area contributed by atoms with E-state index in [2.05, 4.69) is 20.5 Å². The molecule has 2 rings (SSSR count). The Bertz CT molecular complexity index is 594. The summed E-state index contributed by atoms with van der Waals surface area (Å²) in [5.41, 5.74) is 1.23.